The molecule has 1 aromatic heterocycles. The van der Waals surface area contributed by atoms with E-state index in [1.807, 2.05) is 4.90 Å². The Bertz CT molecular complexity index is 459. The third kappa shape index (κ3) is 5.66. The summed E-state index contributed by atoms with van der Waals surface area (Å²) in [6.07, 6.45) is 0. The number of rotatable bonds is 8. The predicted octanol–water partition coefficient (Wildman–Crippen LogP) is 1.26. The zero-order chi connectivity index (χ0) is 15.1. The standard InChI is InChI=1S/C13H21N3O3S/c1-4-19-13(18)12-15-10(8-20-12)6-16(5-9(2)3)7-11(14)17/h8-9H,4-7H2,1-3H3,(H2,14,17). The molecule has 1 amide bonds. The Morgan fingerprint density at radius 2 is 2.20 bits per heavy atom. The minimum Gasteiger partial charge on any atom is -0.461 e. The Hall–Kier alpha value is -1.47. The van der Waals surface area contributed by atoms with Crippen LogP contribution in [-0.4, -0.2) is 41.5 Å². The normalized spacial score (nSPS) is 11.1. The summed E-state index contributed by atoms with van der Waals surface area (Å²) < 4.78 is 4.90. The van der Waals surface area contributed by atoms with Crippen LogP contribution in [0.2, 0.25) is 0 Å². The van der Waals surface area contributed by atoms with Crippen LogP contribution in [0.1, 0.15) is 36.3 Å². The molecule has 0 saturated heterocycles. The van der Waals surface area contributed by atoms with Gasteiger partial charge in [-0.25, -0.2) is 9.78 Å². The lowest BCUT2D eigenvalue weighted by atomic mass is 10.2. The fourth-order valence-corrected chi connectivity index (χ4v) is 2.52. The average Bonchev–Trinajstić information content (AvgIpc) is 2.76. The van der Waals surface area contributed by atoms with Gasteiger partial charge in [0.25, 0.3) is 0 Å². The SMILES string of the molecule is CCOC(=O)c1nc(CN(CC(N)=O)CC(C)C)cs1. The summed E-state index contributed by atoms with van der Waals surface area (Å²) in [5, 5.41) is 2.14. The molecule has 0 fully saturated rings. The highest BCUT2D eigenvalue weighted by Gasteiger charge is 2.16. The summed E-state index contributed by atoms with van der Waals surface area (Å²) in [6.45, 7) is 7.65. The number of hydrogen-bond donors (Lipinski definition) is 1. The summed E-state index contributed by atoms with van der Waals surface area (Å²) in [5.74, 6) is -0.363. The van der Waals surface area contributed by atoms with E-state index in [2.05, 4.69) is 18.8 Å². The monoisotopic (exact) mass is 299 g/mol. The van der Waals surface area contributed by atoms with E-state index in [4.69, 9.17) is 10.5 Å². The number of amides is 1. The van der Waals surface area contributed by atoms with Crippen LogP contribution < -0.4 is 5.73 Å². The van der Waals surface area contributed by atoms with Gasteiger partial charge in [0.15, 0.2) is 0 Å². The number of nitrogens with zero attached hydrogens (tertiary/aromatic N) is 2. The van der Waals surface area contributed by atoms with Crippen molar-refractivity contribution in [3.63, 3.8) is 0 Å². The molecule has 0 bridgehead atoms. The highest BCUT2D eigenvalue weighted by Crippen LogP contribution is 2.13. The maximum atomic E-state index is 11.5. The average molecular weight is 299 g/mol. The second-order valence-corrected chi connectivity index (χ2v) is 5.75. The molecule has 0 aliphatic heterocycles. The fraction of sp³-hybridized carbons (Fsp3) is 0.615. The van der Waals surface area contributed by atoms with Crippen molar-refractivity contribution in [3.8, 4) is 0 Å². The molecule has 1 aromatic rings. The van der Waals surface area contributed by atoms with Crippen LogP contribution in [0.25, 0.3) is 0 Å². The van der Waals surface area contributed by atoms with E-state index in [1.54, 1.807) is 12.3 Å². The smallest absolute Gasteiger partial charge is 0.367 e. The lowest BCUT2D eigenvalue weighted by Crippen LogP contribution is -2.35. The van der Waals surface area contributed by atoms with E-state index < -0.39 is 5.97 Å². The Labute approximate surface area is 122 Å². The number of carbonyl (C=O) groups is 2. The van der Waals surface area contributed by atoms with Gasteiger partial charge >= 0.3 is 5.97 Å². The zero-order valence-corrected chi connectivity index (χ0v) is 12.9. The molecule has 20 heavy (non-hydrogen) atoms. The molecule has 0 aliphatic rings. The van der Waals surface area contributed by atoms with Gasteiger partial charge in [-0.15, -0.1) is 11.3 Å². The lowest BCUT2D eigenvalue weighted by molar-refractivity contribution is -0.119. The van der Waals surface area contributed by atoms with Crippen LogP contribution in [0.15, 0.2) is 5.38 Å². The van der Waals surface area contributed by atoms with Crippen molar-refractivity contribution in [1.82, 2.24) is 9.88 Å². The molecule has 1 heterocycles. The molecule has 112 valence electrons. The minimum atomic E-state index is -0.408. The fourth-order valence-electron chi connectivity index (χ4n) is 1.82. The summed E-state index contributed by atoms with van der Waals surface area (Å²) in [5.41, 5.74) is 5.99. The number of hydrogen-bond acceptors (Lipinski definition) is 6. The first kappa shape index (κ1) is 16.6. The van der Waals surface area contributed by atoms with Gasteiger partial charge in [-0.1, -0.05) is 13.8 Å². The van der Waals surface area contributed by atoms with Gasteiger partial charge in [-0.3, -0.25) is 9.69 Å². The third-order valence-electron chi connectivity index (χ3n) is 2.39. The van der Waals surface area contributed by atoms with Crippen LogP contribution in [0.4, 0.5) is 0 Å². The van der Waals surface area contributed by atoms with E-state index in [9.17, 15) is 9.59 Å². The Kier molecular flexibility index (Phi) is 6.60. The lowest BCUT2D eigenvalue weighted by Gasteiger charge is -2.21. The molecule has 0 aromatic carbocycles. The Morgan fingerprint density at radius 1 is 1.50 bits per heavy atom. The van der Waals surface area contributed by atoms with Gasteiger partial charge in [0.2, 0.25) is 10.9 Å². The first-order valence-corrected chi connectivity index (χ1v) is 7.42. The molecular formula is C13H21N3O3S. The van der Waals surface area contributed by atoms with E-state index in [1.165, 1.54) is 11.3 Å². The highest BCUT2D eigenvalue weighted by molar-refractivity contribution is 7.11. The molecule has 7 heteroatoms. The van der Waals surface area contributed by atoms with Gasteiger partial charge in [0.05, 0.1) is 18.8 Å². The van der Waals surface area contributed by atoms with Gasteiger partial charge in [0, 0.05) is 18.5 Å². The maximum Gasteiger partial charge on any atom is 0.367 e. The summed E-state index contributed by atoms with van der Waals surface area (Å²) in [4.78, 5) is 28.8. The van der Waals surface area contributed by atoms with Crippen LogP contribution in [0.5, 0.6) is 0 Å². The summed E-state index contributed by atoms with van der Waals surface area (Å²) in [6, 6.07) is 0. The molecule has 0 saturated carbocycles. The number of esters is 1. The third-order valence-corrected chi connectivity index (χ3v) is 3.26. The van der Waals surface area contributed by atoms with Crippen molar-refractivity contribution in [3.05, 3.63) is 16.1 Å². The predicted molar refractivity (Wildman–Crippen MR) is 77.4 cm³/mol. The van der Waals surface area contributed by atoms with Crippen LogP contribution in [-0.2, 0) is 16.1 Å². The van der Waals surface area contributed by atoms with Crippen molar-refractivity contribution in [2.75, 3.05) is 19.7 Å². The molecule has 0 aliphatic carbocycles. The van der Waals surface area contributed by atoms with Crippen LogP contribution >= 0.6 is 11.3 Å². The number of primary amides is 1. The number of ether oxygens (including phenoxy) is 1. The molecule has 2 N–H and O–H groups in total. The minimum absolute atomic E-state index is 0.185. The molecular weight excluding hydrogens is 278 g/mol. The number of thiazole rings is 1. The molecule has 1 rings (SSSR count). The second-order valence-electron chi connectivity index (χ2n) is 4.89. The number of aromatic nitrogens is 1. The van der Waals surface area contributed by atoms with Gasteiger partial charge < -0.3 is 10.5 Å². The van der Waals surface area contributed by atoms with Gasteiger partial charge in [0.1, 0.15) is 0 Å². The topological polar surface area (TPSA) is 85.5 Å². The largest absolute Gasteiger partial charge is 0.461 e. The van der Waals surface area contributed by atoms with Crippen molar-refractivity contribution in [2.24, 2.45) is 11.7 Å². The van der Waals surface area contributed by atoms with Crippen molar-refractivity contribution in [2.45, 2.75) is 27.3 Å². The first-order chi connectivity index (χ1) is 9.42. The van der Waals surface area contributed by atoms with Crippen molar-refractivity contribution < 1.29 is 14.3 Å². The molecule has 6 nitrogen and oxygen atoms in total. The Balaban J connectivity index is 2.68. The molecule has 0 unspecified atom stereocenters. The Morgan fingerprint density at radius 3 is 2.75 bits per heavy atom. The van der Waals surface area contributed by atoms with Gasteiger partial charge in [-0.05, 0) is 12.8 Å². The van der Waals surface area contributed by atoms with Crippen LogP contribution in [0.3, 0.4) is 0 Å². The highest BCUT2D eigenvalue weighted by atomic mass is 32.1. The van der Waals surface area contributed by atoms with Crippen LogP contribution in [0, 0.1) is 5.92 Å². The molecule has 0 radical (unpaired) electrons. The quantitative estimate of drug-likeness (QED) is 0.730. The summed E-state index contributed by atoms with van der Waals surface area (Å²) in [7, 11) is 0. The molecule has 0 spiro atoms. The van der Waals surface area contributed by atoms with Crippen molar-refractivity contribution >= 4 is 23.2 Å². The molecule has 0 atom stereocenters. The summed E-state index contributed by atoms with van der Waals surface area (Å²) >= 11 is 1.25. The maximum absolute atomic E-state index is 11.5. The first-order valence-electron chi connectivity index (χ1n) is 6.54. The van der Waals surface area contributed by atoms with E-state index in [0.717, 1.165) is 12.2 Å². The van der Waals surface area contributed by atoms with E-state index in [-0.39, 0.29) is 12.5 Å². The van der Waals surface area contributed by atoms with Crippen molar-refractivity contribution in [1.29, 1.82) is 0 Å². The number of nitrogens with two attached hydrogens (primary N) is 1. The van der Waals surface area contributed by atoms with E-state index >= 15 is 0 Å². The van der Waals surface area contributed by atoms with E-state index in [0.29, 0.717) is 24.1 Å². The second kappa shape index (κ2) is 7.96. The zero-order valence-electron chi connectivity index (χ0n) is 12.1. The number of carbonyl (C=O) groups excluding carboxylic acids is 2. The van der Waals surface area contributed by atoms with Gasteiger partial charge in [-0.2, -0.15) is 0 Å².